The Morgan fingerprint density at radius 2 is 1.82 bits per heavy atom. The van der Waals surface area contributed by atoms with Gasteiger partial charge in [0.05, 0.1) is 17.8 Å². The van der Waals surface area contributed by atoms with Crippen molar-refractivity contribution in [2.24, 2.45) is 5.92 Å². The van der Waals surface area contributed by atoms with E-state index < -0.39 is 17.7 Å². The summed E-state index contributed by atoms with van der Waals surface area (Å²) in [4.78, 5) is 43.7. The normalized spacial score (nSPS) is 21.0. The number of nitrogens with one attached hydrogen (secondary N) is 3. The Labute approximate surface area is 236 Å². The van der Waals surface area contributed by atoms with E-state index in [4.69, 9.17) is 0 Å². The summed E-state index contributed by atoms with van der Waals surface area (Å²) in [5.74, 6) is -0.657. The van der Waals surface area contributed by atoms with Crippen LogP contribution in [0, 0.1) is 19.8 Å². The number of aromatic amines is 1. The van der Waals surface area contributed by atoms with Crippen molar-refractivity contribution >= 4 is 17.7 Å². The van der Waals surface area contributed by atoms with E-state index in [0.717, 1.165) is 35.4 Å². The third-order valence-electron chi connectivity index (χ3n) is 8.68. The number of aryl methyl sites for hydroxylation is 2. The number of unbranched alkanes of at least 4 members (excludes halogenated alkanes) is 1. The van der Waals surface area contributed by atoms with Crippen molar-refractivity contribution in [3.05, 3.63) is 52.3 Å². The van der Waals surface area contributed by atoms with Crippen LogP contribution >= 0.6 is 0 Å². The minimum absolute atomic E-state index is 0.128. The fourth-order valence-corrected chi connectivity index (χ4v) is 6.23. The number of H-pyrrole nitrogens is 1. The van der Waals surface area contributed by atoms with Gasteiger partial charge in [0, 0.05) is 43.5 Å². The first-order valence-corrected chi connectivity index (χ1v) is 14.4. The van der Waals surface area contributed by atoms with Crippen molar-refractivity contribution < 1.29 is 19.5 Å². The summed E-state index contributed by atoms with van der Waals surface area (Å²) in [6.45, 7) is 11.4. The van der Waals surface area contributed by atoms with Gasteiger partial charge in [-0.3, -0.25) is 24.4 Å². The second-order valence-electron chi connectivity index (χ2n) is 11.5. The van der Waals surface area contributed by atoms with E-state index in [1.54, 1.807) is 11.9 Å². The average Bonchev–Trinajstić information content (AvgIpc) is 3.28. The molecule has 1 unspecified atom stereocenters. The third-order valence-corrected chi connectivity index (χ3v) is 8.68. The van der Waals surface area contributed by atoms with Gasteiger partial charge in [-0.1, -0.05) is 39.3 Å². The van der Waals surface area contributed by atoms with Crippen LogP contribution in [-0.2, 0) is 9.59 Å². The highest BCUT2D eigenvalue weighted by Gasteiger charge is 2.55. The van der Waals surface area contributed by atoms with Crippen LogP contribution in [-0.4, -0.2) is 87.2 Å². The molecule has 218 valence electrons. The molecular formula is C30H44N6O4. The standard InChI is InChI=1S/C30H44N6O4/c1-7-8-15-36-28(39)24(26(37)18(2)3)32-29(40)30(36)13-16-35(17-14-30)25(23-19(4)33-34-20(23)5)21-9-11-22(12-10-21)27(38)31-6/h9-12,18,24-26,37H,7-8,13-17H2,1-6H3,(H,31,38)(H,32,40)(H,33,34)/t24-,25?,26-/m1/s1. The number of amides is 3. The first kappa shape index (κ1) is 29.7. The number of piperidine rings is 1. The van der Waals surface area contributed by atoms with Gasteiger partial charge in [-0.15, -0.1) is 0 Å². The van der Waals surface area contributed by atoms with E-state index in [1.165, 1.54) is 0 Å². The van der Waals surface area contributed by atoms with Crippen LogP contribution in [0.4, 0.5) is 0 Å². The molecule has 2 fully saturated rings. The number of hydrogen-bond donors (Lipinski definition) is 4. The van der Waals surface area contributed by atoms with E-state index in [0.29, 0.717) is 38.0 Å². The van der Waals surface area contributed by atoms with E-state index in [-0.39, 0.29) is 29.7 Å². The van der Waals surface area contributed by atoms with Crippen LogP contribution < -0.4 is 10.6 Å². The van der Waals surface area contributed by atoms with E-state index >= 15 is 0 Å². The van der Waals surface area contributed by atoms with E-state index in [9.17, 15) is 19.5 Å². The minimum atomic E-state index is -0.940. The molecule has 2 saturated heterocycles. The predicted octanol–water partition coefficient (Wildman–Crippen LogP) is 2.45. The first-order chi connectivity index (χ1) is 19.0. The number of likely N-dealkylation sites (tertiary alicyclic amines) is 1. The predicted molar refractivity (Wildman–Crippen MR) is 153 cm³/mol. The SMILES string of the molecule is CCCCN1C(=O)[C@@H]([C@H](O)C(C)C)NC(=O)C12CCN(C(c1ccc(C(=O)NC)cc1)c1c(C)n[nH]c1C)CC2. The number of rotatable bonds is 9. The molecule has 1 aromatic heterocycles. The second-order valence-corrected chi connectivity index (χ2v) is 11.5. The summed E-state index contributed by atoms with van der Waals surface area (Å²) in [5.41, 5.74) is 3.63. The van der Waals surface area contributed by atoms with Crippen molar-refractivity contribution in [3.8, 4) is 0 Å². The van der Waals surface area contributed by atoms with Crippen molar-refractivity contribution in [1.29, 1.82) is 0 Å². The maximum absolute atomic E-state index is 13.8. The van der Waals surface area contributed by atoms with Gasteiger partial charge in [0.15, 0.2) is 0 Å². The lowest BCUT2D eigenvalue weighted by molar-refractivity contribution is -0.165. The fraction of sp³-hybridized carbons (Fsp3) is 0.600. The maximum Gasteiger partial charge on any atom is 0.251 e. The highest BCUT2D eigenvalue weighted by molar-refractivity contribution is 6.00. The Balaban J connectivity index is 1.65. The zero-order valence-corrected chi connectivity index (χ0v) is 24.6. The van der Waals surface area contributed by atoms with Crippen LogP contribution in [0.5, 0.6) is 0 Å². The van der Waals surface area contributed by atoms with Crippen molar-refractivity contribution in [1.82, 2.24) is 30.6 Å². The van der Waals surface area contributed by atoms with Crippen molar-refractivity contribution in [3.63, 3.8) is 0 Å². The monoisotopic (exact) mass is 552 g/mol. The van der Waals surface area contributed by atoms with Crippen LogP contribution in [0.25, 0.3) is 0 Å². The number of aromatic nitrogens is 2. The lowest BCUT2D eigenvalue weighted by atomic mass is 9.79. The van der Waals surface area contributed by atoms with Gasteiger partial charge in [-0.05, 0) is 56.7 Å². The molecule has 4 N–H and O–H groups in total. The summed E-state index contributed by atoms with van der Waals surface area (Å²) >= 11 is 0. The van der Waals surface area contributed by atoms with Crippen LogP contribution in [0.2, 0.25) is 0 Å². The topological polar surface area (TPSA) is 131 Å². The van der Waals surface area contributed by atoms with Crippen molar-refractivity contribution in [2.45, 2.75) is 84.0 Å². The zero-order valence-electron chi connectivity index (χ0n) is 24.6. The molecular weight excluding hydrogens is 508 g/mol. The largest absolute Gasteiger partial charge is 0.390 e. The molecule has 10 heteroatoms. The minimum Gasteiger partial charge on any atom is -0.390 e. The Kier molecular flexibility index (Phi) is 8.99. The summed E-state index contributed by atoms with van der Waals surface area (Å²) < 4.78 is 0. The number of aliphatic hydroxyl groups excluding tert-OH is 1. The molecule has 2 aromatic rings. The third kappa shape index (κ3) is 5.39. The number of carbonyl (C=O) groups is 3. The van der Waals surface area contributed by atoms with Crippen LogP contribution in [0.15, 0.2) is 24.3 Å². The van der Waals surface area contributed by atoms with Crippen LogP contribution in [0.3, 0.4) is 0 Å². The molecule has 2 aliphatic heterocycles. The summed E-state index contributed by atoms with van der Waals surface area (Å²) in [5, 5.41) is 23.9. The molecule has 3 heterocycles. The molecule has 0 radical (unpaired) electrons. The summed E-state index contributed by atoms with van der Waals surface area (Å²) in [7, 11) is 1.61. The first-order valence-electron chi connectivity index (χ1n) is 14.4. The smallest absolute Gasteiger partial charge is 0.251 e. The Morgan fingerprint density at radius 3 is 2.35 bits per heavy atom. The molecule has 1 spiro atoms. The quantitative estimate of drug-likeness (QED) is 0.378. The van der Waals surface area contributed by atoms with Gasteiger partial charge in [-0.25, -0.2) is 0 Å². The summed E-state index contributed by atoms with van der Waals surface area (Å²) in [6, 6.07) is 6.57. The Bertz CT molecular complexity index is 1200. The fourth-order valence-electron chi connectivity index (χ4n) is 6.23. The van der Waals surface area contributed by atoms with Gasteiger partial charge in [-0.2, -0.15) is 5.10 Å². The zero-order chi connectivity index (χ0) is 29.2. The van der Waals surface area contributed by atoms with E-state index in [1.807, 2.05) is 52.0 Å². The Hall–Kier alpha value is -3.24. The number of piperazine rings is 1. The number of aliphatic hydroxyl groups is 1. The van der Waals surface area contributed by atoms with Gasteiger partial charge in [0.2, 0.25) is 11.8 Å². The molecule has 3 amide bonds. The number of nitrogens with zero attached hydrogens (tertiary/aromatic N) is 3. The lowest BCUT2D eigenvalue weighted by Gasteiger charge is -2.53. The van der Waals surface area contributed by atoms with Gasteiger partial charge >= 0.3 is 0 Å². The van der Waals surface area contributed by atoms with Crippen LogP contribution in [0.1, 0.15) is 85.4 Å². The summed E-state index contributed by atoms with van der Waals surface area (Å²) in [6.07, 6.45) is 1.73. The molecule has 4 rings (SSSR count). The molecule has 10 nitrogen and oxygen atoms in total. The average molecular weight is 553 g/mol. The number of benzene rings is 1. The molecule has 0 saturated carbocycles. The molecule has 3 atom stereocenters. The Morgan fingerprint density at radius 1 is 1.18 bits per heavy atom. The van der Waals surface area contributed by atoms with Gasteiger partial charge in [0.1, 0.15) is 11.6 Å². The molecule has 2 aliphatic rings. The molecule has 0 bridgehead atoms. The van der Waals surface area contributed by atoms with Crippen molar-refractivity contribution in [2.75, 3.05) is 26.7 Å². The van der Waals surface area contributed by atoms with Gasteiger partial charge in [0.25, 0.3) is 5.91 Å². The second kappa shape index (κ2) is 12.1. The highest BCUT2D eigenvalue weighted by Crippen LogP contribution is 2.40. The molecule has 0 aliphatic carbocycles. The van der Waals surface area contributed by atoms with E-state index in [2.05, 4.69) is 32.7 Å². The molecule has 40 heavy (non-hydrogen) atoms. The lowest BCUT2D eigenvalue weighted by Crippen LogP contribution is -2.75. The maximum atomic E-state index is 13.8. The van der Waals surface area contributed by atoms with Gasteiger partial charge < -0.3 is 20.6 Å². The highest BCUT2D eigenvalue weighted by atomic mass is 16.3. The number of hydrogen-bond acceptors (Lipinski definition) is 6. The number of carbonyl (C=O) groups excluding carboxylic acids is 3. The molecule has 1 aromatic carbocycles.